The van der Waals surface area contributed by atoms with E-state index < -0.39 is 11.5 Å². The van der Waals surface area contributed by atoms with Crippen LogP contribution < -0.4 is 5.32 Å². The van der Waals surface area contributed by atoms with Gasteiger partial charge in [0.1, 0.15) is 5.54 Å². The number of hydrogen-bond donors (Lipinski definition) is 2. The van der Waals surface area contributed by atoms with Crippen molar-refractivity contribution < 1.29 is 14.6 Å². The summed E-state index contributed by atoms with van der Waals surface area (Å²) < 4.78 is 5.31. The van der Waals surface area contributed by atoms with Gasteiger partial charge < -0.3 is 9.84 Å². The van der Waals surface area contributed by atoms with Crippen molar-refractivity contribution in [1.29, 1.82) is 0 Å². The van der Waals surface area contributed by atoms with Gasteiger partial charge in [-0.3, -0.25) is 10.1 Å². The van der Waals surface area contributed by atoms with Gasteiger partial charge in [0.15, 0.2) is 0 Å². The Kier molecular flexibility index (Phi) is 5.72. The molecule has 4 nitrogen and oxygen atoms in total. The van der Waals surface area contributed by atoms with Crippen molar-refractivity contribution >= 4 is 5.97 Å². The van der Waals surface area contributed by atoms with Crippen LogP contribution >= 0.6 is 0 Å². The Morgan fingerprint density at radius 2 is 2.14 bits per heavy atom. The van der Waals surface area contributed by atoms with Crippen molar-refractivity contribution in [1.82, 2.24) is 5.32 Å². The molecule has 0 amide bonds. The molecule has 0 bridgehead atoms. The van der Waals surface area contributed by atoms with E-state index in [4.69, 9.17) is 9.84 Å². The lowest BCUT2D eigenvalue weighted by Crippen LogP contribution is -2.50. The number of nitrogens with one attached hydrogen (secondary N) is 1. The van der Waals surface area contributed by atoms with E-state index in [-0.39, 0.29) is 6.10 Å². The Balaban J connectivity index is 3.79. The van der Waals surface area contributed by atoms with Crippen LogP contribution in [0.2, 0.25) is 0 Å². The highest BCUT2D eigenvalue weighted by molar-refractivity contribution is 5.78. The first-order valence-electron chi connectivity index (χ1n) is 5.02. The number of carbonyl (C=O) groups is 1. The highest BCUT2D eigenvalue weighted by atomic mass is 16.5. The molecule has 0 aromatic carbocycles. The van der Waals surface area contributed by atoms with Gasteiger partial charge in [-0.05, 0) is 27.2 Å². The van der Waals surface area contributed by atoms with E-state index in [1.807, 2.05) is 20.8 Å². The van der Waals surface area contributed by atoms with Gasteiger partial charge in [-0.15, -0.1) is 0 Å². The standard InChI is InChI=1S/C10H21NO3/c1-5-10(4,9(12)13)11-6-7-14-8(2)3/h8,11H,5-7H2,1-4H3,(H,12,13). The first kappa shape index (κ1) is 13.4. The fraction of sp³-hybridized carbons (Fsp3) is 0.900. The highest BCUT2D eigenvalue weighted by Gasteiger charge is 2.29. The van der Waals surface area contributed by atoms with Crippen LogP contribution in [0.1, 0.15) is 34.1 Å². The lowest BCUT2D eigenvalue weighted by molar-refractivity contribution is -0.144. The summed E-state index contributed by atoms with van der Waals surface area (Å²) in [5, 5.41) is 11.9. The van der Waals surface area contributed by atoms with Gasteiger partial charge >= 0.3 is 5.97 Å². The number of hydrogen-bond acceptors (Lipinski definition) is 3. The summed E-state index contributed by atoms with van der Waals surface area (Å²) >= 11 is 0. The van der Waals surface area contributed by atoms with E-state index >= 15 is 0 Å². The van der Waals surface area contributed by atoms with Crippen LogP contribution in [0.15, 0.2) is 0 Å². The van der Waals surface area contributed by atoms with Crippen molar-refractivity contribution in [2.75, 3.05) is 13.2 Å². The second kappa shape index (κ2) is 5.98. The molecule has 4 heteroatoms. The molecule has 0 fully saturated rings. The van der Waals surface area contributed by atoms with Gasteiger partial charge in [0.25, 0.3) is 0 Å². The number of ether oxygens (including phenoxy) is 1. The molecule has 0 aromatic heterocycles. The molecule has 0 radical (unpaired) electrons. The summed E-state index contributed by atoms with van der Waals surface area (Å²) in [6.45, 7) is 8.55. The Bertz CT molecular complexity index is 182. The summed E-state index contributed by atoms with van der Waals surface area (Å²) in [6.07, 6.45) is 0.749. The molecule has 0 saturated heterocycles. The normalized spacial score (nSPS) is 15.5. The number of aliphatic carboxylic acids is 1. The third kappa shape index (κ3) is 4.58. The summed E-state index contributed by atoms with van der Waals surface area (Å²) in [4.78, 5) is 10.9. The van der Waals surface area contributed by atoms with E-state index in [9.17, 15) is 4.79 Å². The summed E-state index contributed by atoms with van der Waals surface area (Å²) in [7, 11) is 0. The molecule has 0 aliphatic rings. The molecule has 0 aromatic rings. The number of rotatable bonds is 7. The van der Waals surface area contributed by atoms with Gasteiger partial charge in [0, 0.05) is 6.54 Å². The molecule has 0 spiro atoms. The smallest absolute Gasteiger partial charge is 0.323 e. The lowest BCUT2D eigenvalue weighted by atomic mass is 9.99. The molecule has 0 heterocycles. The Labute approximate surface area is 85.6 Å². The predicted octanol–water partition coefficient (Wildman–Crippen LogP) is 1.25. The van der Waals surface area contributed by atoms with Crippen LogP contribution in [0.3, 0.4) is 0 Å². The van der Waals surface area contributed by atoms with Crippen LogP contribution in [0, 0.1) is 0 Å². The van der Waals surface area contributed by atoms with E-state index in [2.05, 4.69) is 5.32 Å². The Morgan fingerprint density at radius 1 is 1.57 bits per heavy atom. The third-order valence-electron chi connectivity index (χ3n) is 2.25. The number of carboxylic acids is 1. The zero-order chi connectivity index (χ0) is 11.2. The number of carboxylic acid groups (broad SMARTS) is 1. The van der Waals surface area contributed by atoms with E-state index in [0.29, 0.717) is 19.6 Å². The fourth-order valence-corrected chi connectivity index (χ4v) is 0.973. The highest BCUT2D eigenvalue weighted by Crippen LogP contribution is 2.08. The van der Waals surface area contributed by atoms with Gasteiger partial charge in [-0.1, -0.05) is 6.92 Å². The average Bonchev–Trinajstić information content (AvgIpc) is 2.11. The summed E-state index contributed by atoms with van der Waals surface area (Å²) in [6, 6.07) is 0. The molecular weight excluding hydrogens is 182 g/mol. The third-order valence-corrected chi connectivity index (χ3v) is 2.25. The van der Waals surface area contributed by atoms with Crippen molar-refractivity contribution in [2.45, 2.75) is 45.8 Å². The molecule has 0 saturated carbocycles. The zero-order valence-electron chi connectivity index (χ0n) is 9.46. The van der Waals surface area contributed by atoms with Crippen LogP contribution in [0.5, 0.6) is 0 Å². The minimum absolute atomic E-state index is 0.189. The van der Waals surface area contributed by atoms with Crippen molar-refractivity contribution in [2.24, 2.45) is 0 Å². The monoisotopic (exact) mass is 203 g/mol. The minimum Gasteiger partial charge on any atom is -0.480 e. The van der Waals surface area contributed by atoms with Crippen LogP contribution in [0.4, 0.5) is 0 Å². The van der Waals surface area contributed by atoms with Crippen LogP contribution in [-0.2, 0) is 9.53 Å². The Hall–Kier alpha value is -0.610. The zero-order valence-corrected chi connectivity index (χ0v) is 9.46. The van der Waals surface area contributed by atoms with Crippen molar-refractivity contribution in [3.63, 3.8) is 0 Å². The topological polar surface area (TPSA) is 58.6 Å². The molecule has 2 N–H and O–H groups in total. The summed E-state index contributed by atoms with van der Waals surface area (Å²) in [5.41, 5.74) is -0.833. The van der Waals surface area contributed by atoms with E-state index in [1.165, 1.54) is 0 Å². The molecule has 1 atom stereocenters. The quantitative estimate of drug-likeness (QED) is 0.611. The SMILES string of the molecule is CCC(C)(NCCOC(C)C)C(=O)O. The molecule has 1 unspecified atom stereocenters. The maximum Gasteiger partial charge on any atom is 0.323 e. The molecule has 0 aliphatic heterocycles. The molecular formula is C10H21NO3. The van der Waals surface area contributed by atoms with Gasteiger partial charge in [-0.2, -0.15) is 0 Å². The average molecular weight is 203 g/mol. The van der Waals surface area contributed by atoms with Gasteiger partial charge in [0.05, 0.1) is 12.7 Å². The van der Waals surface area contributed by atoms with Crippen molar-refractivity contribution in [3.05, 3.63) is 0 Å². The predicted molar refractivity (Wildman–Crippen MR) is 55.4 cm³/mol. The summed E-state index contributed by atoms with van der Waals surface area (Å²) in [5.74, 6) is -0.815. The molecule has 0 rings (SSSR count). The fourth-order valence-electron chi connectivity index (χ4n) is 0.973. The minimum atomic E-state index is -0.833. The van der Waals surface area contributed by atoms with Crippen LogP contribution in [0.25, 0.3) is 0 Å². The molecule has 84 valence electrons. The molecule has 14 heavy (non-hydrogen) atoms. The first-order valence-corrected chi connectivity index (χ1v) is 5.02. The maximum absolute atomic E-state index is 10.9. The van der Waals surface area contributed by atoms with Gasteiger partial charge in [0.2, 0.25) is 0 Å². The molecule has 0 aliphatic carbocycles. The first-order chi connectivity index (χ1) is 6.42. The second-order valence-electron chi connectivity index (χ2n) is 3.84. The maximum atomic E-state index is 10.9. The van der Waals surface area contributed by atoms with Gasteiger partial charge in [-0.25, -0.2) is 0 Å². The second-order valence-corrected chi connectivity index (χ2v) is 3.84. The van der Waals surface area contributed by atoms with Crippen molar-refractivity contribution in [3.8, 4) is 0 Å². The van der Waals surface area contributed by atoms with Crippen LogP contribution in [-0.4, -0.2) is 35.9 Å². The van der Waals surface area contributed by atoms with E-state index in [1.54, 1.807) is 6.92 Å². The Morgan fingerprint density at radius 3 is 2.50 bits per heavy atom. The lowest BCUT2D eigenvalue weighted by Gasteiger charge is -2.24. The largest absolute Gasteiger partial charge is 0.480 e. The van der Waals surface area contributed by atoms with E-state index in [0.717, 1.165) is 0 Å².